The topological polar surface area (TPSA) is 97.4 Å². The molecule has 0 saturated carbocycles. The summed E-state index contributed by atoms with van der Waals surface area (Å²) in [6, 6.07) is 0. The number of carboxylic acids is 1. The largest absolute Gasteiger partial charge is 0.481 e. The highest BCUT2D eigenvalue weighted by Crippen LogP contribution is 2.36. The van der Waals surface area contributed by atoms with E-state index in [-0.39, 0.29) is 18.5 Å². The molecule has 0 unspecified atom stereocenters. The number of aryl methyl sites for hydroxylation is 3. The first-order valence-corrected chi connectivity index (χ1v) is 8.36. The van der Waals surface area contributed by atoms with E-state index in [1.54, 1.807) is 17.7 Å². The molecule has 0 spiro atoms. The fraction of sp³-hybridized carbons (Fsp3) is 0.400. The normalized spacial score (nSPS) is 14.3. The van der Waals surface area contributed by atoms with Crippen LogP contribution in [0.2, 0.25) is 0 Å². The minimum Gasteiger partial charge on any atom is -0.481 e. The van der Waals surface area contributed by atoms with Crippen LogP contribution in [0.5, 0.6) is 0 Å². The number of rotatable bonds is 3. The molecule has 0 amide bonds. The van der Waals surface area contributed by atoms with Crippen molar-refractivity contribution < 1.29 is 9.90 Å². The molecule has 3 aromatic heterocycles. The molecular weight excluding hydrogens is 316 g/mol. The first kappa shape index (κ1) is 14.3. The number of hydrogen-bond acceptors (Lipinski definition) is 6. The van der Waals surface area contributed by atoms with Crippen molar-refractivity contribution in [2.24, 2.45) is 0 Å². The van der Waals surface area contributed by atoms with Crippen LogP contribution in [-0.4, -0.2) is 30.7 Å². The minimum atomic E-state index is -0.961. The van der Waals surface area contributed by atoms with Crippen molar-refractivity contribution in [3.63, 3.8) is 0 Å². The van der Waals surface area contributed by atoms with Crippen LogP contribution in [-0.2, 0) is 24.1 Å². The van der Waals surface area contributed by atoms with E-state index in [2.05, 4.69) is 15.1 Å². The van der Waals surface area contributed by atoms with Crippen LogP contribution >= 0.6 is 11.3 Å². The van der Waals surface area contributed by atoms with Gasteiger partial charge in [0.05, 0.1) is 11.8 Å². The first-order valence-electron chi connectivity index (χ1n) is 7.54. The highest BCUT2D eigenvalue weighted by atomic mass is 32.1. The zero-order valence-electron chi connectivity index (χ0n) is 12.3. The van der Waals surface area contributed by atoms with E-state index < -0.39 is 11.5 Å². The van der Waals surface area contributed by atoms with Crippen LogP contribution in [0.15, 0.2) is 11.1 Å². The van der Waals surface area contributed by atoms with Gasteiger partial charge >= 0.3 is 5.97 Å². The molecule has 0 aliphatic heterocycles. The zero-order valence-corrected chi connectivity index (χ0v) is 13.1. The standard InChI is InChI=1S/C15H14N4O3S/c20-11(21)6-5-9-14(22)17-13-12-8-3-1-2-4-10(8)23-15(12)16-7-19(13)18-9/h7H,1-6H2,(H,20,21). The van der Waals surface area contributed by atoms with E-state index in [9.17, 15) is 9.59 Å². The lowest BCUT2D eigenvalue weighted by molar-refractivity contribution is -0.136. The number of aromatic nitrogens is 4. The van der Waals surface area contributed by atoms with Gasteiger partial charge in [0.2, 0.25) is 0 Å². The molecule has 0 fully saturated rings. The van der Waals surface area contributed by atoms with Gasteiger partial charge in [-0.05, 0) is 31.2 Å². The summed E-state index contributed by atoms with van der Waals surface area (Å²) in [5.41, 5.74) is 1.48. The SMILES string of the molecule is O=C(O)CCc1nn2cnc3sc4c(c3c2nc1=O)CCCC4. The molecule has 0 radical (unpaired) electrons. The van der Waals surface area contributed by atoms with Gasteiger partial charge in [-0.25, -0.2) is 9.50 Å². The summed E-state index contributed by atoms with van der Waals surface area (Å²) in [4.78, 5) is 33.7. The average molecular weight is 330 g/mol. The predicted molar refractivity (Wildman–Crippen MR) is 85.0 cm³/mol. The second-order valence-electron chi connectivity index (χ2n) is 5.66. The lowest BCUT2D eigenvalue weighted by atomic mass is 9.97. The average Bonchev–Trinajstić information content (AvgIpc) is 2.91. The molecule has 1 aliphatic carbocycles. The number of thiophene rings is 1. The summed E-state index contributed by atoms with van der Waals surface area (Å²) in [6.45, 7) is 0. The quantitative estimate of drug-likeness (QED) is 0.783. The maximum Gasteiger partial charge on any atom is 0.303 e. The summed E-state index contributed by atoms with van der Waals surface area (Å²) in [6.07, 6.45) is 5.83. The van der Waals surface area contributed by atoms with Crippen LogP contribution in [0, 0.1) is 0 Å². The van der Waals surface area contributed by atoms with Gasteiger partial charge in [0.25, 0.3) is 5.56 Å². The summed E-state index contributed by atoms with van der Waals surface area (Å²) in [5, 5.41) is 13.9. The van der Waals surface area contributed by atoms with E-state index in [1.807, 2.05) is 0 Å². The van der Waals surface area contributed by atoms with Crippen LogP contribution in [0.1, 0.15) is 35.4 Å². The molecule has 118 valence electrons. The summed E-state index contributed by atoms with van der Waals surface area (Å²) < 4.78 is 1.50. The second-order valence-corrected chi connectivity index (χ2v) is 6.74. The molecule has 7 nitrogen and oxygen atoms in total. The van der Waals surface area contributed by atoms with Gasteiger partial charge in [0.1, 0.15) is 16.9 Å². The Hall–Kier alpha value is -2.35. The van der Waals surface area contributed by atoms with Crippen molar-refractivity contribution in [3.05, 3.63) is 32.8 Å². The smallest absolute Gasteiger partial charge is 0.303 e. The second kappa shape index (κ2) is 5.38. The summed E-state index contributed by atoms with van der Waals surface area (Å²) in [7, 11) is 0. The Morgan fingerprint density at radius 3 is 3.00 bits per heavy atom. The lowest BCUT2D eigenvalue weighted by Gasteiger charge is -2.10. The van der Waals surface area contributed by atoms with Gasteiger partial charge in [-0.2, -0.15) is 10.1 Å². The maximum atomic E-state index is 12.2. The Balaban J connectivity index is 1.92. The molecule has 1 N–H and O–H groups in total. The fourth-order valence-electron chi connectivity index (χ4n) is 3.05. The number of aliphatic carboxylic acids is 1. The van der Waals surface area contributed by atoms with Crippen LogP contribution in [0.3, 0.4) is 0 Å². The summed E-state index contributed by atoms with van der Waals surface area (Å²) >= 11 is 1.67. The number of hydrogen-bond donors (Lipinski definition) is 1. The molecule has 0 atom stereocenters. The minimum absolute atomic E-state index is 0.0733. The van der Waals surface area contributed by atoms with Gasteiger partial charge in [-0.3, -0.25) is 9.59 Å². The van der Waals surface area contributed by atoms with E-state index in [4.69, 9.17) is 5.11 Å². The molecular formula is C15H14N4O3S. The molecule has 4 rings (SSSR count). The Labute approximate surface area is 134 Å². The van der Waals surface area contributed by atoms with Crippen molar-refractivity contribution in [1.29, 1.82) is 0 Å². The Kier molecular flexibility index (Phi) is 3.33. The highest BCUT2D eigenvalue weighted by molar-refractivity contribution is 7.19. The van der Waals surface area contributed by atoms with Crippen molar-refractivity contribution >= 4 is 33.2 Å². The third kappa shape index (κ3) is 2.39. The lowest BCUT2D eigenvalue weighted by Crippen LogP contribution is -2.20. The molecule has 0 saturated heterocycles. The van der Waals surface area contributed by atoms with Crippen molar-refractivity contribution in [3.8, 4) is 0 Å². The molecule has 8 heteroatoms. The maximum absolute atomic E-state index is 12.2. The number of nitrogens with zero attached hydrogens (tertiary/aromatic N) is 4. The fourth-order valence-corrected chi connectivity index (χ4v) is 4.27. The summed E-state index contributed by atoms with van der Waals surface area (Å²) in [5.74, 6) is -0.961. The van der Waals surface area contributed by atoms with E-state index in [1.165, 1.54) is 21.4 Å². The number of fused-ring (bicyclic) bond motifs is 5. The predicted octanol–water partition coefficient (Wildman–Crippen LogP) is 1.60. The van der Waals surface area contributed by atoms with E-state index in [0.29, 0.717) is 5.65 Å². The van der Waals surface area contributed by atoms with Gasteiger partial charge in [0, 0.05) is 11.3 Å². The Morgan fingerprint density at radius 2 is 2.17 bits per heavy atom. The molecule has 0 aromatic carbocycles. The molecule has 0 bridgehead atoms. The van der Waals surface area contributed by atoms with Crippen LogP contribution in [0.25, 0.3) is 15.9 Å². The molecule has 23 heavy (non-hydrogen) atoms. The monoisotopic (exact) mass is 330 g/mol. The molecule has 3 aromatic rings. The van der Waals surface area contributed by atoms with Gasteiger partial charge < -0.3 is 5.11 Å². The van der Waals surface area contributed by atoms with Gasteiger partial charge in [-0.1, -0.05) is 0 Å². The van der Waals surface area contributed by atoms with Crippen molar-refractivity contribution in [2.75, 3.05) is 0 Å². The van der Waals surface area contributed by atoms with Gasteiger partial charge in [-0.15, -0.1) is 11.3 Å². The van der Waals surface area contributed by atoms with Crippen LogP contribution in [0.4, 0.5) is 0 Å². The number of carboxylic acid groups (broad SMARTS) is 1. The Morgan fingerprint density at radius 1 is 1.35 bits per heavy atom. The zero-order chi connectivity index (χ0) is 16.0. The Bertz CT molecular complexity index is 992. The third-order valence-corrected chi connectivity index (χ3v) is 5.34. The van der Waals surface area contributed by atoms with E-state index in [0.717, 1.165) is 29.5 Å². The van der Waals surface area contributed by atoms with Crippen molar-refractivity contribution in [2.45, 2.75) is 38.5 Å². The van der Waals surface area contributed by atoms with Gasteiger partial charge in [0.15, 0.2) is 5.65 Å². The molecule has 3 heterocycles. The third-order valence-electron chi connectivity index (χ3n) is 4.14. The molecule has 1 aliphatic rings. The highest BCUT2D eigenvalue weighted by Gasteiger charge is 2.20. The van der Waals surface area contributed by atoms with Crippen molar-refractivity contribution in [1.82, 2.24) is 19.6 Å². The van der Waals surface area contributed by atoms with E-state index >= 15 is 0 Å². The number of carbonyl (C=O) groups is 1. The van der Waals surface area contributed by atoms with Crippen LogP contribution < -0.4 is 5.56 Å². The first-order chi connectivity index (χ1) is 11.1.